The van der Waals surface area contributed by atoms with Crippen molar-refractivity contribution in [3.05, 3.63) is 23.9 Å². The van der Waals surface area contributed by atoms with E-state index in [0.29, 0.717) is 0 Å². The molecule has 3 nitrogen and oxygen atoms in total. The van der Waals surface area contributed by atoms with Crippen LogP contribution in [0, 0.1) is 5.92 Å². The SMILES string of the molecule is CCNc1ccc(CN(C)C2CCCCC2C)cn1. The third kappa shape index (κ3) is 3.93. The molecule has 1 aliphatic rings. The van der Waals surface area contributed by atoms with Gasteiger partial charge in [-0.3, -0.25) is 4.90 Å². The van der Waals surface area contributed by atoms with Gasteiger partial charge in [0.15, 0.2) is 0 Å². The summed E-state index contributed by atoms with van der Waals surface area (Å²) in [5.74, 6) is 1.80. The number of hydrogen-bond donors (Lipinski definition) is 1. The largest absolute Gasteiger partial charge is 0.370 e. The zero-order chi connectivity index (χ0) is 13.7. The van der Waals surface area contributed by atoms with Gasteiger partial charge in [0, 0.05) is 25.3 Å². The molecule has 1 aliphatic carbocycles. The van der Waals surface area contributed by atoms with Crippen LogP contribution in [-0.2, 0) is 6.54 Å². The molecule has 0 bridgehead atoms. The summed E-state index contributed by atoms with van der Waals surface area (Å²) in [5.41, 5.74) is 1.31. The number of nitrogens with zero attached hydrogens (tertiary/aromatic N) is 2. The van der Waals surface area contributed by atoms with E-state index < -0.39 is 0 Å². The topological polar surface area (TPSA) is 28.2 Å². The Bertz CT molecular complexity index is 374. The zero-order valence-electron chi connectivity index (χ0n) is 12.5. The van der Waals surface area contributed by atoms with Gasteiger partial charge in [-0.1, -0.05) is 25.8 Å². The average Bonchev–Trinajstić information content (AvgIpc) is 2.42. The third-order valence-corrected chi connectivity index (χ3v) is 4.25. The Hall–Kier alpha value is -1.09. The van der Waals surface area contributed by atoms with E-state index in [0.717, 1.165) is 30.9 Å². The van der Waals surface area contributed by atoms with E-state index in [9.17, 15) is 0 Å². The molecule has 19 heavy (non-hydrogen) atoms. The number of rotatable bonds is 5. The molecular weight excluding hydrogens is 234 g/mol. The molecule has 3 heteroatoms. The Morgan fingerprint density at radius 2 is 2.11 bits per heavy atom. The molecule has 1 aromatic heterocycles. The summed E-state index contributed by atoms with van der Waals surface area (Å²) in [6.45, 7) is 6.42. The molecule has 1 aromatic rings. The van der Waals surface area contributed by atoms with Crippen LogP contribution < -0.4 is 5.32 Å². The van der Waals surface area contributed by atoms with Crippen LogP contribution in [-0.4, -0.2) is 29.5 Å². The van der Waals surface area contributed by atoms with E-state index in [1.165, 1.54) is 31.2 Å². The lowest BCUT2D eigenvalue weighted by atomic mass is 9.85. The van der Waals surface area contributed by atoms with Crippen molar-refractivity contribution in [3.63, 3.8) is 0 Å². The quantitative estimate of drug-likeness (QED) is 0.879. The maximum Gasteiger partial charge on any atom is 0.125 e. The van der Waals surface area contributed by atoms with Crippen molar-refractivity contribution in [1.82, 2.24) is 9.88 Å². The van der Waals surface area contributed by atoms with Gasteiger partial charge in [-0.2, -0.15) is 0 Å². The Morgan fingerprint density at radius 3 is 2.74 bits per heavy atom. The van der Waals surface area contributed by atoms with E-state index in [4.69, 9.17) is 0 Å². The van der Waals surface area contributed by atoms with Gasteiger partial charge in [-0.25, -0.2) is 4.98 Å². The summed E-state index contributed by atoms with van der Waals surface area (Å²) in [4.78, 5) is 6.96. The van der Waals surface area contributed by atoms with Crippen LogP contribution in [0.3, 0.4) is 0 Å². The number of hydrogen-bond acceptors (Lipinski definition) is 3. The molecule has 1 saturated carbocycles. The average molecular weight is 261 g/mol. The molecule has 2 rings (SSSR count). The second-order valence-corrected chi connectivity index (χ2v) is 5.83. The molecule has 1 fully saturated rings. The van der Waals surface area contributed by atoms with Crippen LogP contribution in [0.15, 0.2) is 18.3 Å². The van der Waals surface area contributed by atoms with Crippen LogP contribution >= 0.6 is 0 Å². The van der Waals surface area contributed by atoms with Gasteiger partial charge in [0.1, 0.15) is 5.82 Å². The molecule has 0 radical (unpaired) electrons. The van der Waals surface area contributed by atoms with Crippen molar-refractivity contribution in [2.45, 2.75) is 52.1 Å². The van der Waals surface area contributed by atoms with E-state index >= 15 is 0 Å². The minimum atomic E-state index is 0.738. The maximum absolute atomic E-state index is 4.45. The lowest BCUT2D eigenvalue weighted by Crippen LogP contribution is -2.38. The standard InChI is InChI=1S/C16H27N3/c1-4-17-16-10-9-14(11-18-16)12-19(3)15-8-6-5-7-13(15)2/h9-11,13,15H,4-8,12H2,1-3H3,(H,17,18). The van der Waals surface area contributed by atoms with Crippen molar-refractivity contribution < 1.29 is 0 Å². The molecule has 2 atom stereocenters. The maximum atomic E-state index is 4.45. The summed E-state index contributed by atoms with van der Waals surface area (Å²) in [6.07, 6.45) is 7.52. The van der Waals surface area contributed by atoms with Crippen molar-refractivity contribution in [1.29, 1.82) is 0 Å². The first-order valence-electron chi connectivity index (χ1n) is 7.59. The number of pyridine rings is 1. The minimum Gasteiger partial charge on any atom is -0.370 e. The second kappa shape index (κ2) is 6.90. The highest BCUT2D eigenvalue weighted by molar-refractivity contribution is 5.35. The first kappa shape index (κ1) is 14.3. The van der Waals surface area contributed by atoms with Gasteiger partial charge in [0.05, 0.1) is 0 Å². The van der Waals surface area contributed by atoms with Crippen molar-refractivity contribution in [2.24, 2.45) is 5.92 Å². The van der Waals surface area contributed by atoms with Crippen LogP contribution in [0.1, 0.15) is 45.1 Å². The molecule has 0 aromatic carbocycles. The van der Waals surface area contributed by atoms with Crippen LogP contribution in [0.4, 0.5) is 5.82 Å². The van der Waals surface area contributed by atoms with Gasteiger partial charge in [0.25, 0.3) is 0 Å². The van der Waals surface area contributed by atoms with Gasteiger partial charge >= 0.3 is 0 Å². The fourth-order valence-electron chi connectivity index (χ4n) is 3.16. The van der Waals surface area contributed by atoms with E-state index in [2.05, 4.69) is 48.2 Å². The lowest BCUT2D eigenvalue weighted by molar-refractivity contribution is 0.133. The van der Waals surface area contributed by atoms with Crippen molar-refractivity contribution >= 4 is 5.82 Å². The van der Waals surface area contributed by atoms with Gasteiger partial charge in [0.2, 0.25) is 0 Å². The van der Waals surface area contributed by atoms with E-state index in [1.807, 2.05) is 6.20 Å². The first-order chi connectivity index (χ1) is 9.20. The highest BCUT2D eigenvalue weighted by atomic mass is 15.1. The molecule has 0 saturated heterocycles. The normalized spacial score (nSPS) is 23.6. The molecule has 1 heterocycles. The molecule has 1 N–H and O–H groups in total. The monoisotopic (exact) mass is 261 g/mol. The summed E-state index contributed by atoms with van der Waals surface area (Å²) in [5, 5.41) is 3.23. The van der Waals surface area contributed by atoms with Crippen molar-refractivity contribution in [3.8, 4) is 0 Å². The molecular formula is C16H27N3. The molecule has 0 aliphatic heterocycles. The second-order valence-electron chi connectivity index (χ2n) is 5.83. The fraction of sp³-hybridized carbons (Fsp3) is 0.688. The van der Waals surface area contributed by atoms with Gasteiger partial charge in [-0.15, -0.1) is 0 Å². The number of aromatic nitrogens is 1. The summed E-state index contributed by atoms with van der Waals surface area (Å²) >= 11 is 0. The van der Waals surface area contributed by atoms with E-state index in [1.54, 1.807) is 0 Å². The molecule has 0 spiro atoms. The van der Waals surface area contributed by atoms with E-state index in [-0.39, 0.29) is 0 Å². The highest BCUT2D eigenvalue weighted by Crippen LogP contribution is 2.28. The lowest BCUT2D eigenvalue weighted by Gasteiger charge is -2.36. The number of nitrogens with one attached hydrogen (secondary N) is 1. The highest BCUT2D eigenvalue weighted by Gasteiger charge is 2.24. The van der Waals surface area contributed by atoms with Gasteiger partial charge in [-0.05, 0) is 44.4 Å². The number of anilines is 1. The molecule has 106 valence electrons. The summed E-state index contributed by atoms with van der Waals surface area (Å²) in [6, 6.07) is 5.01. The Kier molecular flexibility index (Phi) is 5.20. The third-order valence-electron chi connectivity index (χ3n) is 4.25. The predicted molar refractivity (Wildman–Crippen MR) is 81.3 cm³/mol. The molecule has 0 amide bonds. The zero-order valence-corrected chi connectivity index (χ0v) is 12.5. The Balaban J connectivity index is 1.92. The Morgan fingerprint density at radius 1 is 1.32 bits per heavy atom. The smallest absolute Gasteiger partial charge is 0.125 e. The van der Waals surface area contributed by atoms with Crippen molar-refractivity contribution in [2.75, 3.05) is 18.9 Å². The fourth-order valence-corrected chi connectivity index (χ4v) is 3.16. The van der Waals surface area contributed by atoms with Crippen LogP contribution in [0.2, 0.25) is 0 Å². The molecule has 2 unspecified atom stereocenters. The Labute approximate surface area is 117 Å². The summed E-state index contributed by atoms with van der Waals surface area (Å²) < 4.78 is 0. The van der Waals surface area contributed by atoms with Crippen LogP contribution in [0.5, 0.6) is 0 Å². The minimum absolute atomic E-state index is 0.738. The summed E-state index contributed by atoms with van der Waals surface area (Å²) in [7, 11) is 2.25. The van der Waals surface area contributed by atoms with Crippen LogP contribution in [0.25, 0.3) is 0 Å². The van der Waals surface area contributed by atoms with Gasteiger partial charge < -0.3 is 5.32 Å². The first-order valence-corrected chi connectivity index (χ1v) is 7.59. The predicted octanol–water partition coefficient (Wildman–Crippen LogP) is 3.52.